The minimum absolute atomic E-state index is 0.129. The summed E-state index contributed by atoms with van der Waals surface area (Å²) < 4.78 is 25.4. The lowest BCUT2D eigenvalue weighted by molar-refractivity contribution is 0.102. The maximum absolute atomic E-state index is 12.8. The second-order valence-electron chi connectivity index (χ2n) is 7.08. The summed E-state index contributed by atoms with van der Waals surface area (Å²) >= 11 is 0. The van der Waals surface area contributed by atoms with E-state index >= 15 is 0 Å². The van der Waals surface area contributed by atoms with Crippen LogP contribution in [0.15, 0.2) is 17.0 Å². The Balaban J connectivity index is 1.88. The van der Waals surface area contributed by atoms with Crippen LogP contribution in [0.1, 0.15) is 46.1 Å². The van der Waals surface area contributed by atoms with E-state index in [2.05, 4.69) is 20.7 Å². The van der Waals surface area contributed by atoms with Gasteiger partial charge in [0.2, 0.25) is 5.95 Å². The Morgan fingerprint density at radius 1 is 1.26 bits per heavy atom. The molecule has 9 heteroatoms. The predicted molar refractivity (Wildman–Crippen MR) is 103 cm³/mol. The number of hydrogen-bond acceptors (Lipinski definition) is 6. The van der Waals surface area contributed by atoms with E-state index in [9.17, 15) is 13.2 Å². The number of carbonyl (C=O) groups is 1. The summed E-state index contributed by atoms with van der Waals surface area (Å²) in [6.07, 6.45) is 3.06. The fraction of sp³-hybridized carbons (Fsp3) is 0.500. The van der Waals surface area contributed by atoms with Gasteiger partial charge in [0.1, 0.15) is 0 Å². The molecule has 3 rings (SSSR count). The summed E-state index contributed by atoms with van der Waals surface area (Å²) in [5.41, 5.74) is 1.80. The molecule has 1 fully saturated rings. The number of carbonyl (C=O) groups excluding carboxylic acids is 1. The molecule has 1 amide bonds. The third-order valence-electron chi connectivity index (χ3n) is 5.02. The Hall–Kier alpha value is -2.26. The van der Waals surface area contributed by atoms with E-state index in [1.165, 1.54) is 6.07 Å². The third-order valence-corrected chi connectivity index (χ3v) is 6.11. The van der Waals surface area contributed by atoms with Gasteiger partial charge in [-0.3, -0.25) is 10.1 Å². The Morgan fingerprint density at radius 3 is 2.56 bits per heavy atom. The van der Waals surface area contributed by atoms with Crippen LogP contribution in [-0.4, -0.2) is 48.4 Å². The standard InChI is InChI=1S/C18H25N5O3S/c1-11-9-14(27(4,25)26)10-15(12(11)2)17(24)21-18-20-16(22-23(18)3)13-5-7-19-8-6-13/h9-10,13,19H,5-8H2,1-4H3,(H,20,21,22,24). The van der Waals surface area contributed by atoms with Crippen LogP contribution in [0.5, 0.6) is 0 Å². The normalized spacial score (nSPS) is 15.7. The highest BCUT2D eigenvalue weighted by molar-refractivity contribution is 7.90. The second-order valence-corrected chi connectivity index (χ2v) is 9.10. The number of sulfone groups is 1. The highest BCUT2D eigenvalue weighted by atomic mass is 32.2. The molecule has 0 spiro atoms. The van der Waals surface area contributed by atoms with Crippen LogP contribution < -0.4 is 10.6 Å². The molecule has 2 N–H and O–H groups in total. The largest absolute Gasteiger partial charge is 0.317 e. The molecule has 1 aliphatic heterocycles. The number of nitrogens with zero attached hydrogens (tertiary/aromatic N) is 3. The molecule has 2 heterocycles. The summed E-state index contributed by atoms with van der Waals surface area (Å²) in [6.45, 7) is 5.45. The van der Waals surface area contributed by atoms with Gasteiger partial charge in [-0.15, -0.1) is 0 Å². The molecule has 0 bridgehead atoms. The van der Waals surface area contributed by atoms with E-state index in [0.717, 1.165) is 49.1 Å². The van der Waals surface area contributed by atoms with Crippen molar-refractivity contribution >= 4 is 21.7 Å². The van der Waals surface area contributed by atoms with Crippen molar-refractivity contribution in [2.75, 3.05) is 24.7 Å². The maximum atomic E-state index is 12.8. The van der Waals surface area contributed by atoms with Crippen molar-refractivity contribution in [3.05, 3.63) is 34.6 Å². The first-order valence-electron chi connectivity index (χ1n) is 8.91. The van der Waals surface area contributed by atoms with E-state index < -0.39 is 15.7 Å². The fourth-order valence-corrected chi connectivity index (χ4v) is 3.93. The first-order chi connectivity index (χ1) is 12.7. The number of nitrogens with one attached hydrogen (secondary N) is 2. The zero-order valence-electron chi connectivity index (χ0n) is 16.0. The van der Waals surface area contributed by atoms with Crippen molar-refractivity contribution in [1.82, 2.24) is 20.1 Å². The lowest BCUT2D eigenvalue weighted by Crippen LogP contribution is -2.27. The Bertz CT molecular complexity index is 975. The van der Waals surface area contributed by atoms with Gasteiger partial charge in [-0.1, -0.05) is 0 Å². The van der Waals surface area contributed by atoms with Crippen LogP contribution in [0.2, 0.25) is 0 Å². The number of aryl methyl sites for hydroxylation is 2. The van der Waals surface area contributed by atoms with Crippen LogP contribution in [0, 0.1) is 13.8 Å². The number of benzene rings is 1. The lowest BCUT2D eigenvalue weighted by Gasteiger charge is -2.19. The monoisotopic (exact) mass is 391 g/mol. The zero-order chi connectivity index (χ0) is 19.8. The average Bonchev–Trinajstić information content (AvgIpc) is 2.97. The maximum Gasteiger partial charge on any atom is 0.258 e. The molecule has 1 aromatic carbocycles. The van der Waals surface area contributed by atoms with Gasteiger partial charge in [0.05, 0.1) is 4.90 Å². The highest BCUT2D eigenvalue weighted by Crippen LogP contribution is 2.24. The SMILES string of the molecule is Cc1cc(S(C)(=O)=O)cc(C(=O)Nc2nc(C3CCNCC3)nn2C)c1C. The van der Waals surface area contributed by atoms with Gasteiger partial charge in [-0.2, -0.15) is 10.1 Å². The minimum atomic E-state index is -3.41. The lowest BCUT2D eigenvalue weighted by atomic mass is 9.98. The molecular formula is C18H25N5O3S. The first-order valence-corrected chi connectivity index (χ1v) is 10.8. The van der Waals surface area contributed by atoms with Gasteiger partial charge in [0.15, 0.2) is 15.7 Å². The Labute approximate surface area is 159 Å². The molecular weight excluding hydrogens is 366 g/mol. The van der Waals surface area contributed by atoms with Gasteiger partial charge in [0, 0.05) is 24.8 Å². The van der Waals surface area contributed by atoms with Crippen LogP contribution in [0.3, 0.4) is 0 Å². The van der Waals surface area contributed by atoms with Crippen LogP contribution in [0.25, 0.3) is 0 Å². The van der Waals surface area contributed by atoms with Crippen molar-refractivity contribution in [2.45, 2.75) is 37.5 Å². The molecule has 0 radical (unpaired) electrons. The second kappa shape index (κ2) is 7.40. The number of piperidine rings is 1. The van der Waals surface area contributed by atoms with Crippen LogP contribution >= 0.6 is 0 Å². The smallest absolute Gasteiger partial charge is 0.258 e. The Kier molecular flexibility index (Phi) is 5.34. The first kappa shape index (κ1) is 19.5. The van der Waals surface area contributed by atoms with Gasteiger partial charge >= 0.3 is 0 Å². The molecule has 0 unspecified atom stereocenters. The van der Waals surface area contributed by atoms with Crippen LogP contribution in [0.4, 0.5) is 5.95 Å². The number of anilines is 1. The molecule has 2 aromatic rings. The quantitative estimate of drug-likeness (QED) is 0.819. The van der Waals surface area contributed by atoms with Crippen molar-refractivity contribution in [1.29, 1.82) is 0 Å². The van der Waals surface area contributed by atoms with E-state index in [-0.39, 0.29) is 10.8 Å². The minimum Gasteiger partial charge on any atom is -0.317 e. The van der Waals surface area contributed by atoms with Crippen LogP contribution in [-0.2, 0) is 16.9 Å². The number of rotatable bonds is 4. The van der Waals surface area contributed by atoms with Gasteiger partial charge in [-0.05, 0) is 63.0 Å². The molecule has 27 heavy (non-hydrogen) atoms. The molecule has 8 nitrogen and oxygen atoms in total. The number of amides is 1. The molecule has 0 atom stereocenters. The zero-order valence-corrected chi connectivity index (χ0v) is 16.9. The average molecular weight is 391 g/mol. The molecule has 1 aliphatic rings. The summed E-state index contributed by atoms with van der Waals surface area (Å²) in [5, 5.41) is 10.5. The number of aromatic nitrogens is 3. The van der Waals surface area contributed by atoms with E-state index in [0.29, 0.717) is 11.5 Å². The summed E-state index contributed by atoms with van der Waals surface area (Å²) in [5.74, 6) is 0.969. The third kappa shape index (κ3) is 4.19. The summed E-state index contributed by atoms with van der Waals surface area (Å²) in [7, 11) is -1.67. The van der Waals surface area contributed by atoms with Gasteiger partial charge in [0.25, 0.3) is 5.91 Å². The van der Waals surface area contributed by atoms with Crippen molar-refractivity contribution < 1.29 is 13.2 Å². The predicted octanol–water partition coefficient (Wildman–Crippen LogP) is 1.55. The Morgan fingerprint density at radius 2 is 1.93 bits per heavy atom. The van der Waals surface area contributed by atoms with E-state index in [1.807, 2.05) is 0 Å². The molecule has 1 aromatic heterocycles. The summed E-state index contributed by atoms with van der Waals surface area (Å²) in [4.78, 5) is 17.4. The molecule has 146 valence electrons. The highest BCUT2D eigenvalue weighted by Gasteiger charge is 2.22. The van der Waals surface area contributed by atoms with Crippen molar-refractivity contribution in [3.63, 3.8) is 0 Å². The van der Waals surface area contributed by atoms with E-state index in [4.69, 9.17) is 0 Å². The van der Waals surface area contributed by atoms with Gasteiger partial charge in [-0.25, -0.2) is 13.1 Å². The van der Waals surface area contributed by atoms with E-state index in [1.54, 1.807) is 31.6 Å². The topological polar surface area (TPSA) is 106 Å². The van der Waals surface area contributed by atoms with Crippen molar-refractivity contribution in [2.24, 2.45) is 7.05 Å². The fourth-order valence-electron chi connectivity index (χ4n) is 3.21. The van der Waals surface area contributed by atoms with Gasteiger partial charge < -0.3 is 5.32 Å². The molecule has 1 saturated heterocycles. The molecule has 0 aliphatic carbocycles. The molecule has 0 saturated carbocycles. The summed E-state index contributed by atoms with van der Waals surface area (Å²) in [6, 6.07) is 3.00. The number of hydrogen-bond donors (Lipinski definition) is 2. The van der Waals surface area contributed by atoms with Crippen molar-refractivity contribution in [3.8, 4) is 0 Å².